The number of benzene rings is 1. The van der Waals surface area contributed by atoms with Gasteiger partial charge in [0.15, 0.2) is 0 Å². The summed E-state index contributed by atoms with van der Waals surface area (Å²) in [5, 5.41) is 0. The molecule has 2 fully saturated rings. The van der Waals surface area contributed by atoms with Crippen molar-refractivity contribution in [3.63, 3.8) is 0 Å². The van der Waals surface area contributed by atoms with E-state index in [0.717, 1.165) is 0 Å². The van der Waals surface area contributed by atoms with Gasteiger partial charge in [-0.1, -0.05) is 24.3 Å². The fourth-order valence-electron chi connectivity index (χ4n) is 4.40. The zero-order valence-corrected chi connectivity index (χ0v) is 12.2. The van der Waals surface area contributed by atoms with E-state index in [1.54, 1.807) is 12.1 Å². The van der Waals surface area contributed by atoms with Gasteiger partial charge in [-0.15, -0.1) is 23.2 Å². The summed E-state index contributed by atoms with van der Waals surface area (Å²) in [5.41, 5.74) is 0.841. The van der Waals surface area contributed by atoms with Crippen LogP contribution in [0.1, 0.15) is 17.0 Å². The van der Waals surface area contributed by atoms with Crippen LogP contribution in [-0.2, 0) is 6.42 Å². The highest BCUT2D eigenvalue weighted by molar-refractivity contribution is 6.39. The largest absolute Gasteiger partial charge is 0.375 e. The zero-order chi connectivity index (χ0) is 16.3. The van der Waals surface area contributed by atoms with E-state index in [4.69, 9.17) is 23.2 Å². The van der Waals surface area contributed by atoms with E-state index in [-0.39, 0.29) is 6.42 Å². The third kappa shape index (κ3) is 1.04. The number of alkyl halides is 8. The van der Waals surface area contributed by atoms with Crippen molar-refractivity contribution in [1.29, 1.82) is 0 Å². The van der Waals surface area contributed by atoms with Crippen molar-refractivity contribution in [1.82, 2.24) is 0 Å². The van der Waals surface area contributed by atoms with Crippen LogP contribution in [0.4, 0.5) is 26.3 Å². The van der Waals surface area contributed by atoms with Gasteiger partial charge in [-0.05, 0) is 23.5 Å². The molecule has 1 aromatic carbocycles. The van der Waals surface area contributed by atoms with E-state index < -0.39 is 39.4 Å². The van der Waals surface area contributed by atoms with Gasteiger partial charge in [-0.3, -0.25) is 0 Å². The number of fused-ring (bicyclic) bond motifs is 6. The summed E-state index contributed by atoms with van der Waals surface area (Å²) < 4.78 is 84.3. The molecule has 0 heterocycles. The molecule has 0 spiro atoms. The Bertz CT molecular complexity index is 690. The van der Waals surface area contributed by atoms with E-state index >= 15 is 0 Å². The second-order valence-electron chi connectivity index (χ2n) is 6.13. The molecule has 4 atom stereocenters. The Morgan fingerprint density at radius 1 is 0.818 bits per heavy atom. The number of halogens is 8. The first kappa shape index (κ1) is 14.9. The molecule has 0 saturated heterocycles. The molecule has 1 aromatic rings. The monoisotopic (exact) mass is 360 g/mol. The van der Waals surface area contributed by atoms with Gasteiger partial charge in [0.05, 0.1) is 0 Å². The summed E-state index contributed by atoms with van der Waals surface area (Å²) in [5.74, 6) is -18.4. The lowest BCUT2D eigenvalue weighted by Crippen LogP contribution is -2.73. The van der Waals surface area contributed by atoms with Crippen LogP contribution < -0.4 is 0 Å². The van der Waals surface area contributed by atoms with Crippen LogP contribution in [-0.4, -0.2) is 27.5 Å². The van der Waals surface area contributed by atoms with Crippen molar-refractivity contribution in [2.45, 2.75) is 39.9 Å². The maximum atomic E-state index is 14.2. The van der Waals surface area contributed by atoms with Crippen LogP contribution in [0, 0.1) is 5.92 Å². The minimum absolute atomic E-state index is 0.0689. The van der Waals surface area contributed by atoms with Gasteiger partial charge in [0.2, 0.25) is 0 Å². The minimum atomic E-state index is -5.59. The fourth-order valence-corrected chi connectivity index (χ4v) is 5.60. The van der Waals surface area contributed by atoms with Gasteiger partial charge >= 0.3 is 17.8 Å². The summed E-state index contributed by atoms with van der Waals surface area (Å²) >= 11 is 11.5. The number of rotatable bonds is 0. The lowest BCUT2D eigenvalue weighted by molar-refractivity contribution is -0.275. The predicted molar refractivity (Wildman–Crippen MR) is 68.4 cm³/mol. The first-order valence-corrected chi connectivity index (χ1v) is 7.31. The standard InChI is InChI=1S/C14H8Cl2F6/c15-10-8-5-6-3-1-2-4-7(6)9(8)11(10,16)13(19,20)14(21,22)12(10,17)18/h1-4,8-9H,5H2/t8-,9+,10-,11+/m0/s1. The van der Waals surface area contributed by atoms with Crippen molar-refractivity contribution in [3.8, 4) is 0 Å². The molecular formula is C14H8Cl2F6. The summed E-state index contributed by atoms with van der Waals surface area (Å²) in [4.78, 5) is -6.40. The molecule has 0 nitrogen and oxygen atoms in total. The number of hydrogen-bond acceptors (Lipinski definition) is 0. The molecular weight excluding hydrogens is 353 g/mol. The van der Waals surface area contributed by atoms with Gasteiger partial charge in [0.1, 0.15) is 9.75 Å². The number of hydrogen-bond donors (Lipinski definition) is 0. The zero-order valence-electron chi connectivity index (χ0n) is 10.7. The highest BCUT2D eigenvalue weighted by Crippen LogP contribution is 2.84. The summed E-state index contributed by atoms with van der Waals surface area (Å²) in [6.45, 7) is 0. The Kier molecular flexibility index (Phi) is 2.42. The lowest BCUT2D eigenvalue weighted by atomic mass is 9.55. The average molecular weight is 361 g/mol. The molecule has 0 amide bonds. The van der Waals surface area contributed by atoms with Crippen molar-refractivity contribution in [2.75, 3.05) is 0 Å². The molecule has 3 aliphatic carbocycles. The van der Waals surface area contributed by atoms with E-state index in [1.807, 2.05) is 0 Å². The molecule has 4 rings (SSSR count). The van der Waals surface area contributed by atoms with Crippen molar-refractivity contribution < 1.29 is 26.3 Å². The average Bonchev–Trinajstić information content (AvgIpc) is 2.83. The van der Waals surface area contributed by atoms with Crippen LogP contribution in [0.5, 0.6) is 0 Å². The van der Waals surface area contributed by atoms with Crippen LogP contribution in [0.25, 0.3) is 0 Å². The van der Waals surface area contributed by atoms with Gasteiger partial charge in [0, 0.05) is 5.92 Å². The molecule has 120 valence electrons. The Balaban J connectivity index is 1.99. The summed E-state index contributed by atoms with van der Waals surface area (Å²) in [6, 6.07) is 6.18. The SMILES string of the molecule is FC1(F)C(F)(F)[C@]2(Cl)[C@H]3Cc4ccccc4[C@H]3[C@]2(Cl)C1(F)F. The molecule has 22 heavy (non-hydrogen) atoms. The highest BCUT2D eigenvalue weighted by atomic mass is 35.5. The fraction of sp³-hybridized carbons (Fsp3) is 0.571. The molecule has 8 heteroatoms. The Labute approximate surface area is 131 Å². The topological polar surface area (TPSA) is 0 Å². The second-order valence-corrected chi connectivity index (χ2v) is 7.33. The van der Waals surface area contributed by atoms with Gasteiger partial charge < -0.3 is 0 Å². The summed E-state index contributed by atoms with van der Waals surface area (Å²) in [7, 11) is 0. The first-order valence-electron chi connectivity index (χ1n) is 6.55. The van der Waals surface area contributed by atoms with Gasteiger partial charge in [-0.25, -0.2) is 0 Å². The lowest BCUT2D eigenvalue weighted by Gasteiger charge is -2.59. The van der Waals surface area contributed by atoms with Crippen LogP contribution in [0.3, 0.4) is 0 Å². The van der Waals surface area contributed by atoms with E-state index in [1.165, 1.54) is 12.1 Å². The van der Waals surface area contributed by atoms with E-state index in [9.17, 15) is 26.3 Å². The van der Waals surface area contributed by atoms with Crippen molar-refractivity contribution in [3.05, 3.63) is 35.4 Å². The Hall–Kier alpha value is -0.620. The maximum absolute atomic E-state index is 14.2. The third-order valence-corrected chi connectivity index (χ3v) is 7.09. The van der Waals surface area contributed by atoms with Crippen LogP contribution in [0.15, 0.2) is 24.3 Å². The van der Waals surface area contributed by atoms with Gasteiger partial charge in [0.25, 0.3) is 0 Å². The van der Waals surface area contributed by atoms with Crippen LogP contribution >= 0.6 is 23.2 Å². The molecule has 2 saturated carbocycles. The normalized spacial score (nSPS) is 45.6. The van der Waals surface area contributed by atoms with Crippen LogP contribution in [0.2, 0.25) is 0 Å². The molecule has 0 aliphatic heterocycles. The van der Waals surface area contributed by atoms with E-state index in [0.29, 0.717) is 11.1 Å². The molecule has 3 aliphatic rings. The van der Waals surface area contributed by atoms with Gasteiger partial charge in [-0.2, -0.15) is 26.3 Å². The molecule has 0 N–H and O–H groups in total. The molecule has 0 unspecified atom stereocenters. The van der Waals surface area contributed by atoms with Crippen molar-refractivity contribution in [2.24, 2.45) is 5.92 Å². The minimum Gasteiger partial charge on any atom is -0.197 e. The molecule has 0 bridgehead atoms. The summed E-state index contributed by atoms with van der Waals surface area (Å²) in [6.07, 6.45) is -0.0689. The predicted octanol–water partition coefficient (Wildman–Crippen LogP) is 4.83. The maximum Gasteiger partial charge on any atom is 0.375 e. The molecule has 0 radical (unpaired) electrons. The Morgan fingerprint density at radius 2 is 1.36 bits per heavy atom. The smallest absolute Gasteiger partial charge is 0.197 e. The highest BCUT2D eigenvalue weighted by Gasteiger charge is 3.03. The first-order chi connectivity index (χ1) is 9.96. The van der Waals surface area contributed by atoms with Crippen molar-refractivity contribution >= 4 is 23.2 Å². The second kappa shape index (κ2) is 3.56. The third-order valence-electron chi connectivity index (χ3n) is 5.40. The molecule has 0 aromatic heterocycles. The quantitative estimate of drug-likeness (QED) is 0.459. The Morgan fingerprint density at radius 3 is 2.00 bits per heavy atom. The van der Waals surface area contributed by atoms with E-state index in [2.05, 4.69) is 0 Å².